The molecule has 0 rings (SSSR count). The highest BCUT2D eigenvalue weighted by Crippen LogP contribution is 2.00. The molecule has 0 saturated carbocycles. The third-order valence-electron chi connectivity index (χ3n) is 2.08. The minimum Gasteiger partial charge on any atom is -0.466 e. The van der Waals surface area contributed by atoms with E-state index in [1.165, 1.54) is 4.90 Å². The predicted molar refractivity (Wildman–Crippen MR) is 59.8 cm³/mol. The largest absolute Gasteiger partial charge is 0.466 e. The Morgan fingerprint density at radius 1 is 1.19 bits per heavy atom. The van der Waals surface area contributed by atoms with Crippen molar-refractivity contribution in [3.05, 3.63) is 0 Å². The first-order valence-electron chi connectivity index (χ1n) is 5.69. The molecule has 5 heteroatoms. The number of aliphatic hydroxyl groups excluding tert-OH is 1. The maximum atomic E-state index is 11.6. The van der Waals surface area contributed by atoms with Crippen molar-refractivity contribution in [3.8, 4) is 0 Å². The van der Waals surface area contributed by atoms with E-state index in [0.717, 1.165) is 6.42 Å². The van der Waals surface area contributed by atoms with Gasteiger partial charge >= 0.3 is 5.97 Å². The van der Waals surface area contributed by atoms with Crippen molar-refractivity contribution in [2.45, 2.75) is 33.1 Å². The Kier molecular flexibility index (Phi) is 8.52. The van der Waals surface area contributed by atoms with Gasteiger partial charge in [-0.1, -0.05) is 6.92 Å². The van der Waals surface area contributed by atoms with Gasteiger partial charge in [0, 0.05) is 19.5 Å². The average molecular weight is 231 g/mol. The van der Waals surface area contributed by atoms with Crippen LogP contribution in [-0.2, 0) is 14.3 Å². The fraction of sp³-hybridized carbons (Fsp3) is 0.818. The summed E-state index contributed by atoms with van der Waals surface area (Å²) in [5, 5.41) is 8.81. The molecule has 0 bridgehead atoms. The van der Waals surface area contributed by atoms with Gasteiger partial charge in [0.2, 0.25) is 5.91 Å². The molecule has 94 valence electrons. The molecule has 0 saturated heterocycles. The summed E-state index contributed by atoms with van der Waals surface area (Å²) < 4.78 is 4.77. The number of nitrogens with zero attached hydrogens (tertiary/aromatic N) is 1. The molecule has 0 atom stereocenters. The second-order valence-electron chi connectivity index (χ2n) is 3.41. The first-order chi connectivity index (χ1) is 7.65. The number of esters is 1. The smallest absolute Gasteiger partial charge is 0.307 e. The van der Waals surface area contributed by atoms with Crippen LogP contribution in [0.25, 0.3) is 0 Å². The first-order valence-corrected chi connectivity index (χ1v) is 5.69. The number of carbonyl (C=O) groups excluding carboxylic acids is 2. The van der Waals surface area contributed by atoms with Gasteiger partial charge in [0.05, 0.1) is 19.6 Å². The number of carbonyl (C=O) groups is 2. The van der Waals surface area contributed by atoms with Gasteiger partial charge in [0.1, 0.15) is 0 Å². The number of hydrogen-bond donors (Lipinski definition) is 1. The highest BCUT2D eigenvalue weighted by molar-refractivity contribution is 5.77. The maximum absolute atomic E-state index is 11.6. The summed E-state index contributed by atoms with van der Waals surface area (Å²) >= 11 is 0. The second kappa shape index (κ2) is 9.15. The van der Waals surface area contributed by atoms with E-state index in [1.54, 1.807) is 6.92 Å². The molecule has 0 heterocycles. The quantitative estimate of drug-likeness (QED) is 0.620. The molecule has 5 nitrogen and oxygen atoms in total. The van der Waals surface area contributed by atoms with Crippen LogP contribution in [0.2, 0.25) is 0 Å². The monoisotopic (exact) mass is 231 g/mol. The van der Waals surface area contributed by atoms with E-state index in [4.69, 9.17) is 9.84 Å². The van der Waals surface area contributed by atoms with Gasteiger partial charge < -0.3 is 14.7 Å². The molecule has 0 aliphatic rings. The van der Waals surface area contributed by atoms with E-state index in [9.17, 15) is 9.59 Å². The zero-order valence-electron chi connectivity index (χ0n) is 10.1. The second-order valence-corrected chi connectivity index (χ2v) is 3.41. The van der Waals surface area contributed by atoms with Crippen LogP contribution in [-0.4, -0.2) is 48.2 Å². The summed E-state index contributed by atoms with van der Waals surface area (Å²) in [4.78, 5) is 24.2. The summed E-state index contributed by atoms with van der Waals surface area (Å²) in [6.45, 7) is 4.52. The Hall–Kier alpha value is -1.10. The minimum atomic E-state index is -0.310. The van der Waals surface area contributed by atoms with Crippen LogP contribution < -0.4 is 0 Å². The summed E-state index contributed by atoms with van der Waals surface area (Å²) in [7, 11) is 0. The van der Waals surface area contributed by atoms with Gasteiger partial charge in [-0.3, -0.25) is 9.59 Å². The molecule has 1 N–H and O–H groups in total. The van der Waals surface area contributed by atoms with E-state index in [2.05, 4.69) is 0 Å². The van der Waals surface area contributed by atoms with Crippen molar-refractivity contribution in [1.29, 1.82) is 0 Å². The van der Waals surface area contributed by atoms with Crippen LogP contribution in [0.3, 0.4) is 0 Å². The minimum absolute atomic E-state index is 0.0270. The fourth-order valence-electron chi connectivity index (χ4n) is 1.31. The third-order valence-corrected chi connectivity index (χ3v) is 2.08. The molecular formula is C11H21NO4. The highest BCUT2D eigenvalue weighted by atomic mass is 16.5. The van der Waals surface area contributed by atoms with E-state index in [1.807, 2.05) is 6.92 Å². The van der Waals surface area contributed by atoms with Crippen molar-refractivity contribution in [3.63, 3.8) is 0 Å². The summed E-state index contributed by atoms with van der Waals surface area (Å²) in [6.07, 6.45) is 1.40. The fourth-order valence-corrected chi connectivity index (χ4v) is 1.31. The summed E-state index contributed by atoms with van der Waals surface area (Å²) in [5.41, 5.74) is 0. The van der Waals surface area contributed by atoms with E-state index in [-0.39, 0.29) is 31.4 Å². The standard InChI is InChI=1S/C11H21NO4/c1-3-5-10(14)12(8-9-13)7-6-11(15)16-4-2/h13H,3-9H2,1-2H3. The van der Waals surface area contributed by atoms with Crippen LogP contribution in [0, 0.1) is 0 Å². The van der Waals surface area contributed by atoms with Crippen molar-refractivity contribution in [2.24, 2.45) is 0 Å². The predicted octanol–water partition coefficient (Wildman–Crippen LogP) is 0.561. The Balaban J connectivity index is 4.02. The molecule has 0 aliphatic heterocycles. The normalized spacial score (nSPS) is 9.94. The SMILES string of the molecule is CCCC(=O)N(CCO)CCC(=O)OCC. The number of ether oxygens (including phenoxy) is 1. The van der Waals surface area contributed by atoms with Gasteiger partial charge in [-0.25, -0.2) is 0 Å². The van der Waals surface area contributed by atoms with Crippen LogP contribution in [0.15, 0.2) is 0 Å². The molecular weight excluding hydrogens is 210 g/mol. The molecule has 0 aromatic heterocycles. The lowest BCUT2D eigenvalue weighted by Crippen LogP contribution is -2.35. The number of aliphatic hydroxyl groups is 1. The zero-order valence-corrected chi connectivity index (χ0v) is 10.1. The lowest BCUT2D eigenvalue weighted by atomic mass is 10.2. The Bertz CT molecular complexity index is 218. The van der Waals surface area contributed by atoms with Gasteiger partial charge in [-0.15, -0.1) is 0 Å². The zero-order chi connectivity index (χ0) is 12.4. The molecule has 0 spiro atoms. The third kappa shape index (κ3) is 6.40. The summed E-state index contributed by atoms with van der Waals surface area (Å²) in [5.74, 6) is -0.337. The van der Waals surface area contributed by atoms with Gasteiger partial charge in [-0.05, 0) is 13.3 Å². The molecule has 0 fully saturated rings. The first kappa shape index (κ1) is 14.9. The number of amides is 1. The Morgan fingerprint density at radius 3 is 2.38 bits per heavy atom. The molecule has 1 amide bonds. The van der Waals surface area contributed by atoms with Crippen molar-refractivity contribution in [2.75, 3.05) is 26.3 Å². The lowest BCUT2D eigenvalue weighted by molar-refractivity contribution is -0.144. The molecule has 0 aliphatic carbocycles. The molecule has 16 heavy (non-hydrogen) atoms. The van der Waals surface area contributed by atoms with Crippen LogP contribution in [0.1, 0.15) is 33.1 Å². The Labute approximate surface area is 96.4 Å². The maximum Gasteiger partial charge on any atom is 0.307 e. The van der Waals surface area contributed by atoms with E-state index >= 15 is 0 Å². The van der Waals surface area contributed by atoms with Gasteiger partial charge in [0.25, 0.3) is 0 Å². The van der Waals surface area contributed by atoms with Crippen molar-refractivity contribution >= 4 is 11.9 Å². The molecule has 0 radical (unpaired) electrons. The van der Waals surface area contributed by atoms with Crippen molar-refractivity contribution < 1.29 is 19.4 Å². The molecule has 0 unspecified atom stereocenters. The highest BCUT2D eigenvalue weighted by Gasteiger charge is 2.13. The van der Waals surface area contributed by atoms with Gasteiger partial charge in [-0.2, -0.15) is 0 Å². The lowest BCUT2D eigenvalue weighted by Gasteiger charge is -2.21. The number of hydrogen-bond acceptors (Lipinski definition) is 4. The van der Waals surface area contributed by atoms with E-state index in [0.29, 0.717) is 19.6 Å². The van der Waals surface area contributed by atoms with Crippen LogP contribution >= 0.6 is 0 Å². The van der Waals surface area contributed by atoms with Crippen LogP contribution in [0.5, 0.6) is 0 Å². The van der Waals surface area contributed by atoms with Crippen molar-refractivity contribution in [1.82, 2.24) is 4.90 Å². The number of rotatable bonds is 8. The molecule has 0 aromatic carbocycles. The average Bonchev–Trinajstić information content (AvgIpc) is 2.24. The topological polar surface area (TPSA) is 66.8 Å². The van der Waals surface area contributed by atoms with Gasteiger partial charge in [0.15, 0.2) is 0 Å². The summed E-state index contributed by atoms with van der Waals surface area (Å²) in [6, 6.07) is 0. The Morgan fingerprint density at radius 2 is 1.88 bits per heavy atom. The van der Waals surface area contributed by atoms with E-state index < -0.39 is 0 Å². The molecule has 0 aromatic rings. The van der Waals surface area contributed by atoms with Crippen LogP contribution in [0.4, 0.5) is 0 Å².